The number of hydrogen-bond donors (Lipinski definition) is 3. The van der Waals surface area contributed by atoms with Gasteiger partial charge in [-0.3, -0.25) is 5.73 Å². The monoisotopic (exact) mass is 313 g/mol. The van der Waals surface area contributed by atoms with Gasteiger partial charge < -0.3 is 14.7 Å². The Kier molecular flexibility index (Phi) is 4.27. The summed E-state index contributed by atoms with van der Waals surface area (Å²) >= 11 is 5.11. The molecule has 0 bridgehead atoms. The van der Waals surface area contributed by atoms with Crippen LogP contribution in [0.3, 0.4) is 0 Å². The minimum Gasteiger partial charge on any atom is -0.473 e. The fourth-order valence-electron chi connectivity index (χ4n) is 2.42. The van der Waals surface area contributed by atoms with E-state index < -0.39 is 0 Å². The highest BCUT2D eigenvalue weighted by Gasteiger charge is 2.09. The lowest BCUT2D eigenvalue weighted by Gasteiger charge is -2.15. The Morgan fingerprint density at radius 2 is 1.91 bits per heavy atom. The van der Waals surface area contributed by atoms with E-state index in [0.717, 1.165) is 29.6 Å². The van der Waals surface area contributed by atoms with E-state index in [9.17, 15) is 0 Å². The molecule has 1 unspecified atom stereocenters. The summed E-state index contributed by atoms with van der Waals surface area (Å²) in [7, 11) is 0. The summed E-state index contributed by atoms with van der Waals surface area (Å²) < 4.78 is 6.45. The molecular weight excluding hydrogens is 294 g/mol. The zero-order chi connectivity index (χ0) is 15.5. The van der Waals surface area contributed by atoms with E-state index in [2.05, 4.69) is 41.2 Å². The number of aryl methyl sites for hydroxylation is 2. The van der Waals surface area contributed by atoms with Crippen LogP contribution in [0.2, 0.25) is 0 Å². The summed E-state index contributed by atoms with van der Waals surface area (Å²) in [5.41, 5.74) is 10.4. The van der Waals surface area contributed by atoms with Crippen molar-refractivity contribution in [3.05, 3.63) is 58.4 Å². The lowest BCUT2D eigenvalue weighted by atomic mass is 10.1. The molecule has 2 aromatic carbocycles. The van der Waals surface area contributed by atoms with Crippen molar-refractivity contribution >= 4 is 23.3 Å². The molecule has 114 valence electrons. The predicted octanol–water partition coefficient (Wildman–Crippen LogP) is 3.83. The second-order valence-corrected chi connectivity index (χ2v) is 5.85. The van der Waals surface area contributed by atoms with Gasteiger partial charge in [0, 0.05) is 6.42 Å². The lowest BCUT2D eigenvalue weighted by molar-refractivity contribution is 0.201. The maximum absolute atomic E-state index is 6.11. The van der Waals surface area contributed by atoms with Crippen LogP contribution >= 0.6 is 12.2 Å². The molecule has 4 N–H and O–H groups in total. The van der Waals surface area contributed by atoms with Gasteiger partial charge in [-0.05, 0) is 43.3 Å². The number of para-hydroxylation sites is 1. The third-order valence-electron chi connectivity index (χ3n) is 3.63. The van der Waals surface area contributed by atoms with Crippen LogP contribution in [0.5, 0.6) is 5.75 Å². The van der Waals surface area contributed by atoms with Crippen LogP contribution in [-0.2, 0) is 6.42 Å². The Morgan fingerprint density at radius 1 is 1.14 bits per heavy atom. The number of nitrogens with two attached hydrogens (primary N) is 1. The molecule has 0 aliphatic carbocycles. The zero-order valence-corrected chi connectivity index (χ0v) is 13.2. The van der Waals surface area contributed by atoms with Crippen LogP contribution in [0.15, 0.2) is 42.5 Å². The van der Waals surface area contributed by atoms with Crippen molar-refractivity contribution in [2.45, 2.75) is 26.0 Å². The maximum Gasteiger partial charge on any atom is 0.175 e. The molecule has 0 aliphatic rings. The molecular formula is C17H19N3OS. The van der Waals surface area contributed by atoms with Crippen molar-refractivity contribution in [3.8, 4) is 5.75 Å². The number of aromatic amines is 2. The Hall–Kier alpha value is -2.11. The normalized spacial score (nSPS) is 12.5. The number of ether oxygens (including phenoxy) is 1. The summed E-state index contributed by atoms with van der Waals surface area (Å²) in [6.45, 7) is 2.08. The smallest absolute Gasteiger partial charge is 0.175 e. The Balaban J connectivity index is 1.66. The number of H-pyrrole nitrogens is 2. The van der Waals surface area contributed by atoms with Crippen LogP contribution in [0.1, 0.15) is 17.5 Å². The standard InChI is InChI=1S/C17H19N3OS/c1-11-5-7-12(8-6-11)9-10-15(18)21-14-4-2-3-13-16(14)20-17(22)19-13/h2-8,15H,9-10,18H2,1H3,(H2,19,20,22). The Labute approximate surface area is 134 Å². The molecule has 1 heterocycles. The van der Waals surface area contributed by atoms with E-state index in [-0.39, 0.29) is 6.23 Å². The van der Waals surface area contributed by atoms with Crippen molar-refractivity contribution in [3.63, 3.8) is 0 Å². The van der Waals surface area contributed by atoms with Gasteiger partial charge in [0.15, 0.2) is 4.77 Å². The van der Waals surface area contributed by atoms with E-state index in [0.29, 0.717) is 4.77 Å². The number of hydrogen-bond acceptors (Lipinski definition) is 3. The van der Waals surface area contributed by atoms with Crippen molar-refractivity contribution in [1.29, 1.82) is 0 Å². The van der Waals surface area contributed by atoms with Gasteiger partial charge in [-0.2, -0.15) is 0 Å². The fraction of sp³-hybridized carbons (Fsp3) is 0.235. The maximum atomic E-state index is 6.11. The topological polar surface area (TPSA) is 66.8 Å². The van der Waals surface area contributed by atoms with Crippen LogP contribution in [0.25, 0.3) is 11.0 Å². The van der Waals surface area contributed by atoms with Gasteiger partial charge in [-0.15, -0.1) is 0 Å². The second kappa shape index (κ2) is 6.34. The SMILES string of the molecule is Cc1ccc(CCC(N)Oc2cccc3[nH]c(=S)[nH]c23)cc1. The van der Waals surface area contributed by atoms with E-state index >= 15 is 0 Å². The molecule has 0 fully saturated rings. The molecule has 1 atom stereocenters. The first-order valence-corrected chi connectivity index (χ1v) is 7.71. The highest BCUT2D eigenvalue weighted by atomic mass is 32.1. The molecule has 5 heteroatoms. The molecule has 0 aliphatic heterocycles. The first kappa shape index (κ1) is 14.8. The highest BCUT2D eigenvalue weighted by Crippen LogP contribution is 2.23. The number of imidazole rings is 1. The summed E-state index contributed by atoms with van der Waals surface area (Å²) in [6, 6.07) is 14.3. The van der Waals surface area contributed by atoms with E-state index in [4.69, 9.17) is 22.7 Å². The first-order chi connectivity index (χ1) is 10.6. The lowest BCUT2D eigenvalue weighted by Crippen LogP contribution is -2.27. The van der Waals surface area contributed by atoms with Gasteiger partial charge in [0.2, 0.25) is 0 Å². The molecule has 0 saturated heterocycles. The van der Waals surface area contributed by atoms with Gasteiger partial charge in [0.05, 0.1) is 5.52 Å². The average Bonchev–Trinajstić information content (AvgIpc) is 2.88. The third-order valence-corrected chi connectivity index (χ3v) is 3.83. The Bertz CT molecular complexity index is 820. The molecule has 22 heavy (non-hydrogen) atoms. The summed E-state index contributed by atoms with van der Waals surface area (Å²) in [5, 5.41) is 0. The van der Waals surface area contributed by atoms with Crippen molar-refractivity contribution in [2.75, 3.05) is 0 Å². The number of benzene rings is 2. The number of aromatic nitrogens is 2. The van der Waals surface area contributed by atoms with E-state index in [1.807, 2.05) is 18.2 Å². The van der Waals surface area contributed by atoms with Crippen LogP contribution < -0.4 is 10.5 Å². The third kappa shape index (κ3) is 3.37. The van der Waals surface area contributed by atoms with Crippen LogP contribution in [-0.4, -0.2) is 16.2 Å². The minimum absolute atomic E-state index is 0.358. The van der Waals surface area contributed by atoms with Crippen molar-refractivity contribution in [2.24, 2.45) is 5.73 Å². The molecule has 1 aromatic heterocycles. The second-order valence-electron chi connectivity index (χ2n) is 5.44. The van der Waals surface area contributed by atoms with Crippen LogP contribution in [0, 0.1) is 11.7 Å². The summed E-state index contributed by atoms with van der Waals surface area (Å²) in [4.78, 5) is 6.16. The van der Waals surface area contributed by atoms with Crippen molar-refractivity contribution < 1.29 is 4.74 Å². The number of nitrogens with one attached hydrogen (secondary N) is 2. The molecule has 0 spiro atoms. The minimum atomic E-state index is -0.358. The first-order valence-electron chi connectivity index (χ1n) is 7.30. The van der Waals surface area contributed by atoms with E-state index in [1.54, 1.807) is 0 Å². The van der Waals surface area contributed by atoms with Crippen molar-refractivity contribution in [1.82, 2.24) is 9.97 Å². The molecule has 4 nitrogen and oxygen atoms in total. The largest absolute Gasteiger partial charge is 0.473 e. The molecule has 0 amide bonds. The van der Waals surface area contributed by atoms with Gasteiger partial charge in [-0.1, -0.05) is 35.9 Å². The van der Waals surface area contributed by atoms with Gasteiger partial charge in [-0.25, -0.2) is 0 Å². The molecule has 0 saturated carbocycles. The predicted molar refractivity (Wildman–Crippen MR) is 91.6 cm³/mol. The van der Waals surface area contributed by atoms with Crippen LogP contribution in [0.4, 0.5) is 0 Å². The molecule has 0 radical (unpaired) electrons. The Morgan fingerprint density at radius 3 is 2.68 bits per heavy atom. The zero-order valence-electron chi connectivity index (χ0n) is 12.4. The average molecular weight is 313 g/mol. The molecule has 3 aromatic rings. The van der Waals surface area contributed by atoms with E-state index in [1.165, 1.54) is 11.1 Å². The van der Waals surface area contributed by atoms with Gasteiger partial charge in [0.1, 0.15) is 17.5 Å². The molecule has 3 rings (SSSR count). The quantitative estimate of drug-likeness (QED) is 0.495. The van der Waals surface area contributed by atoms with Gasteiger partial charge >= 0.3 is 0 Å². The summed E-state index contributed by atoms with van der Waals surface area (Å²) in [6.07, 6.45) is 1.29. The van der Waals surface area contributed by atoms with Gasteiger partial charge in [0.25, 0.3) is 0 Å². The number of rotatable bonds is 5. The fourth-order valence-corrected chi connectivity index (χ4v) is 2.63. The highest BCUT2D eigenvalue weighted by molar-refractivity contribution is 7.71. The summed E-state index contributed by atoms with van der Waals surface area (Å²) in [5.74, 6) is 0.723. The number of fused-ring (bicyclic) bond motifs is 1.